The summed E-state index contributed by atoms with van der Waals surface area (Å²) in [5.74, 6) is -3.71. The molecule has 2 aromatic carbocycles. The van der Waals surface area contributed by atoms with E-state index in [0.29, 0.717) is 0 Å². The molecule has 3 aliphatic rings. The van der Waals surface area contributed by atoms with Gasteiger partial charge in [0.1, 0.15) is 35.6 Å². The normalized spacial score (nSPS) is 28.2. The van der Waals surface area contributed by atoms with Gasteiger partial charge in [-0.05, 0) is 25.1 Å². The molecule has 1 saturated heterocycles. The number of phenols is 2. The van der Waals surface area contributed by atoms with Gasteiger partial charge in [-0.25, -0.2) is 0 Å². The lowest BCUT2D eigenvalue weighted by Gasteiger charge is -2.43. The molecule has 6 rings (SSSR count). The molecular weight excluding hydrogens is 562 g/mol. The predicted octanol–water partition coefficient (Wildman–Crippen LogP) is 1.72. The van der Waals surface area contributed by atoms with Gasteiger partial charge >= 0.3 is 0 Å². The van der Waals surface area contributed by atoms with Crippen LogP contribution in [0.3, 0.4) is 0 Å². The van der Waals surface area contributed by atoms with E-state index >= 15 is 0 Å². The summed E-state index contributed by atoms with van der Waals surface area (Å²) in [4.78, 5) is 40.2. The number of fused-ring (bicyclic) bond motifs is 3. The maximum Gasteiger partial charge on any atom is 0.202 e. The number of Topliss-reactive ketones (excluding diaryl/α,β-unsaturated/α-hetero) is 1. The van der Waals surface area contributed by atoms with Gasteiger partial charge in [0.25, 0.3) is 0 Å². The number of rotatable bonds is 6. The molecule has 0 saturated carbocycles. The molecule has 12 nitrogen and oxygen atoms in total. The van der Waals surface area contributed by atoms with Crippen LogP contribution in [0.15, 0.2) is 42.7 Å². The molecule has 1 aromatic heterocycles. The number of aliphatic hydroxyl groups is 3. The van der Waals surface area contributed by atoms with Crippen molar-refractivity contribution in [2.45, 2.75) is 62.4 Å². The topological polar surface area (TPSA) is 185 Å². The minimum Gasteiger partial charge on any atom is -0.507 e. The van der Waals surface area contributed by atoms with Crippen molar-refractivity contribution in [3.63, 3.8) is 0 Å². The van der Waals surface area contributed by atoms with Gasteiger partial charge < -0.3 is 44.3 Å². The fraction of sp³-hybridized carbons (Fsp3) is 0.387. The highest BCUT2D eigenvalue weighted by Gasteiger charge is 2.50. The van der Waals surface area contributed by atoms with E-state index in [2.05, 4.69) is 0 Å². The molecule has 2 aliphatic carbocycles. The number of aromatic nitrogens is 1. The average molecular weight is 594 g/mol. The van der Waals surface area contributed by atoms with Crippen LogP contribution in [0.25, 0.3) is 0 Å². The van der Waals surface area contributed by atoms with Crippen molar-refractivity contribution < 1.29 is 54.1 Å². The molecule has 12 heteroatoms. The van der Waals surface area contributed by atoms with Crippen molar-refractivity contribution in [2.75, 3.05) is 13.7 Å². The molecule has 0 radical (unpaired) electrons. The third kappa shape index (κ3) is 4.45. The predicted molar refractivity (Wildman–Crippen MR) is 147 cm³/mol. The molecule has 5 N–H and O–H groups in total. The summed E-state index contributed by atoms with van der Waals surface area (Å²) >= 11 is 0. The number of methoxy groups -OCH3 is 1. The number of carbonyl (C=O) groups excluding carboxylic acids is 3. The first-order valence-electron chi connectivity index (χ1n) is 13.9. The molecule has 0 amide bonds. The number of ketones is 3. The Balaban J connectivity index is 1.48. The first-order valence-corrected chi connectivity index (χ1v) is 13.9. The molecule has 3 aromatic rings. The van der Waals surface area contributed by atoms with E-state index in [1.54, 1.807) is 36.0 Å². The third-order valence-corrected chi connectivity index (χ3v) is 8.74. The number of hydrogen-bond acceptors (Lipinski definition) is 11. The Labute approximate surface area is 245 Å². The van der Waals surface area contributed by atoms with Crippen LogP contribution in [-0.2, 0) is 20.7 Å². The number of phenolic OH excluding ortho intramolecular Hbond substituents is 2. The molecule has 0 bridgehead atoms. The Morgan fingerprint density at radius 2 is 1.77 bits per heavy atom. The van der Waals surface area contributed by atoms with Crippen LogP contribution in [0.1, 0.15) is 74.9 Å². The first-order chi connectivity index (χ1) is 20.5. The highest BCUT2D eigenvalue weighted by atomic mass is 16.7. The standard InChI is InChI=1S/C31H31NO11/c1-14-26(35)17(32-8-3-4-9-32)10-21(42-14)43-19-12-31(40,20(34)13-33)11-16-23(19)30(39)25-24(28(16)37)27(36)15-6-5-7-18(41-2)22(15)29(25)38/h3-9,14,17,19,21,26,33,35,37,39-40H,10-13H2,1-2H3/t14-,17-,19-,21-,26+,31-/m0/s1. The quantitative estimate of drug-likeness (QED) is 0.205. The van der Waals surface area contributed by atoms with E-state index in [1.165, 1.54) is 25.3 Å². The van der Waals surface area contributed by atoms with E-state index in [1.807, 2.05) is 0 Å². The monoisotopic (exact) mass is 593 g/mol. The zero-order valence-corrected chi connectivity index (χ0v) is 23.4. The van der Waals surface area contributed by atoms with Gasteiger partial charge in [0.05, 0.1) is 42.0 Å². The van der Waals surface area contributed by atoms with Crippen LogP contribution in [0.4, 0.5) is 0 Å². The number of nitrogens with zero attached hydrogens (tertiary/aromatic N) is 1. The van der Waals surface area contributed by atoms with Crippen molar-refractivity contribution >= 4 is 17.3 Å². The summed E-state index contributed by atoms with van der Waals surface area (Å²) in [6.45, 7) is 0.644. The van der Waals surface area contributed by atoms with E-state index < -0.39 is 95.7 Å². The minimum absolute atomic E-state index is 0.0454. The summed E-state index contributed by atoms with van der Waals surface area (Å²) in [5.41, 5.74) is -3.56. The van der Waals surface area contributed by atoms with Gasteiger partial charge in [-0.1, -0.05) is 12.1 Å². The molecule has 6 atom stereocenters. The van der Waals surface area contributed by atoms with Gasteiger partial charge in [-0.3, -0.25) is 14.4 Å². The second kappa shape index (κ2) is 10.6. The van der Waals surface area contributed by atoms with E-state index in [4.69, 9.17) is 14.2 Å². The van der Waals surface area contributed by atoms with E-state index in [9.17, 15) is 39.9 Å². The SMILES string of the molecule is COc1cccc2c1C(=O)c1c(O)c3c(c(O)c1C2=O)C[C@@](O)(C(=O)CO)C[C@@H]3O[C@H]1C[C@H](n2cccc2)[C@H](O)[C@H](C)O1. The van der Waals surface area contributed by atoms with Crippen molar-refractivity contribution in [1.82, 2.24) is 4.57 Å². The summed E-state index contributed by atoms with van der Waals surface area (Å²) < 4.78 is 19.3. The Kier molecular flexibility index (Phi) is 7.14. The van der Waals surface area contributed by atoms with Crippen LogP contribution in [0, 0.1) is 0 Å². The van der Waals surface area contributed by atoms with Crippen molar-refractivity contribution in [1.29, 1.82) is 0 Å². The Morgan fingerprint density at radius 1 is 1.07 bits per heavy atom. The molecular formula is C31H31NO11. The zero-order chi connectivity index (χ0) is 30.8. The van der Waals surface area contributed by atoms with Gasteiger partial charge in [-0.2, -0.15) is 0 Å². The smallest absolute Gasteiger partial charge is 0.202 e. The number of hydrogen-bond donors (Lipinski definition) is 5. The average Bonchev–Trinajstić information content (AvgIpc) is 3.53. The summed E-state index contributed by atoms with van der Waals surface area (Å²) in [5, 5.41) is 55.0. The van der Waals surface area contributed by atoms with Crippen LogP contribution < -0.4 is 4.74 Å². The Morgan fingerprint density at radius 3 is 2.44 bits per heavy atom. The summed E-state index contributed by atoms with van der Waals surface area (Å²) in [7, 11) is 1.33. The lowest BCUT2D eigenvalue weighted by Crippen LogP contribution is -2.49. The van der Waals surface area contributed by atoms with Crippen molar-refractivity contribution in [3.8, 4) is 17.2 Å². The number of benzene rings is 2. The number of aromatic hydroxyl groups is 2. The van der Waals surface area contributed by atoms with Gasteiger partial charge in [0, 0.05) is 48.3 Å². The molecule has 2 heterocycles. The zero-order valence-electron chi connectivity index (χ0n) is 23.4. The number of aliphatic hydroxyl groups excluding tert-OH is 2. The lowest BCUT2D eigenvalue weighted by molar-refractivity contribution is -0.254. The molecule has 43 heavy (non-hydrogen) atoms. The minimum atomic E-state index is -2.24. The second-order valence-corrected chi connectivity index (χ2v) is 11.2. The van der Waals surface area contributed by atoms with E-state index in [-0.39, 0.29) is 34.4 Å². The molecule has 1 aliphatic heterocycles. The van der Waals surface area contributed by atoms with Gasteiger partial charge in [0.2, 0.25) is 5.78 Å². The van der Waals surface area contributed by atoms with E-state index in [0.717, 1.165) is 0 Å². The Bertz CT molecular complexity index is 1630. The maximum atomic E-state index is 13.8. The number of carbonyl (C=O) groups is 3. The van der Waals surface area contributed by atoms with Crippen LogP contribution in [-0.4, -0.2) is 85.3 Å². The molecule has 0 spiro atoms. The van der Waals surface area contributed by atoms with Gasteiger partial charge in [-0.15, -0.1) is 0 Å². The van der Waals surface area contributed by atoms with Gasteiger partial charge in [0.15, 0.2) is 17.9 Å². The van der Waals surface area contributed by atoms with Crippen molar-refractivity contribution in [3.05, 3.63) is 76.1 Å². The largest absolute Gasteiger partial charge is 0.507 e. The summed E-state index contributed by atoms with van der Waals surface area (Å²) in [6.07, 6.45) is -1.26. The third-order valence-electron chi connectivity index (χ3n) is 8.74. The van der Waals surface area contributed by atoms with Crippen molar-refractivity contribution in [2.24, 2.45) is 0 Å². The molecule has 1 fully saturated rings. The van der Waals surface area contributed by atoms with Crippen LogP contribution >= 0.6 is 0 Å². The molecule has 226 valence electrons. The van der Waals surface area contributed by atoms with Crippen LogP contribution in [0.2, 0.25) is 0 Å². The first kappa shape index (κ1) is 29.0. The Hall–Kier alpha value is -4.07. The maximum absolute atomic E-state index is 13.8. The fourth-order valence-corrected chi connectivity index (χ4v) is 6.56. The summed E-state index contributed by atoms with van der Waals surface area (Å²) in [6, 6.07) is 7.54. The highest BCUT2D eigenvalue weighted by Crippen LogP contribution is 2.52. The van der Waals surface area contributed by atoms with Crippen LogP contribution in [0.5, 0.6) is 17.2 Å². The number of ether oxygens (including phenoxy) is 3. The molecule has 0 unspecified atom stereocenters. The highest BCUT2D eigenvalue weighted by molar-refractivity contribution is 6.31. The fourth-order valence-electron chi connectivity index (χ4n) is 6.56. The lowest BCUT2D eigenvalue weighted by atomic mass is 9.72. The second-order valence-electron chi connectivity index (χ2n) is 11.2.